The number of likely N-dealkylation sites (N-methyl/N-ethyl adjacent to an activating group) is 1. The lowest BCUT2D eigenvalue weighted by molar-refractivity contribution is -0.139. The van der Waals surface area contributed by atoms with Crippen LogP contribution >= 0.6 is 27.5 Å². The minimum absolute atomic E-state index is 0.0545. The first kappa shape index (κ1) is 27.7. The summed E-state index contributed by atoms with van der Waals surface area (Å²) in [6.07, 6.45) is 0. The molecule has 190 valence electrons. The summed E-state index contributed by atoms with van der Waals surface area (Å²) < 4.78 is 29.1. The van der Waals surface area contributed by atoms with Gasteiger partial charge in [0.25, 0.3) is 10.0 Å². The van der Waals surface area contributed by atoms with Crippen LogP contribution in [0.1, 0.15) is 19.4 Å². The molecule has 10 heteroatoms. The molecule has 2 amide bonds. The average molecular weight is 593 g/mol. The average Bonchev–Trinajstić information content (AvgIpc) is 2.86. The maximum absolute atomic E-state index is 13.7. The zero-order chi connectivity index (χ0) is 26.3. The highest BCUT2D eigenvalue weighted by atomic mass is 79.9. The lowest BCUT2D eigenvalue weighted by Crippen LogP contribution is -2.51. The minimum Gasteiger partial charge on any atom is -0.355 e. The van der Waals surface area contributed by atoms with E-state index in [1.165, 1.54) is 17.0 Å². The second-order valence-electron chi connectivity index (χ2n) is 8.02. The van der Waals surface area contributed by atoms with Crippen molar-refractivity contribution in [3.05, 3.63) is 93.9 Å². The first-order chi connectivity index (χ1) is 17.1. The number of carbonyl (C=O) groups is 2. The molecule has 36 heavy (non-hydrogen) atoms. The quantitative estimate of drug-likeness (QED) is 0.365. The Morgan fingerprint density at radius 2 is 1.67 bits per heavy atom. The molecule has 7 nitrogen and oxygen atoms in total. The molecule has 0 aromatic heterocycles. The maximum atomic E-state index is 13.7. The molecule has 0 radical (unpaired) electrons. The molecule has 0 aliphatic heterocycles. The number of amides is 2. The summed E-state index contributed by atoms with van der Waals surface area (Å²) >= 11 is 9.49. The van der Waals surface area contributed by atoms with Gasteiger partial charge in [-0.1, -0.05) is 57.9 Å². The zero-order valence-electron chi connectivity index (χ0n) is 19.9. The topological polar surface area (TPSA) is 86.8 Å². The van der Waals surface area contributed by atoms with Crippen molar-refractivity contribution in [1.82, 2.24) is 10.2 Å². The smallest absolute Gasteiger partial charge is 0.264 e. The summed E-state index contributed by atoms with van der Waals surface area (Å²) in [5, 5.41) is 3.22. The van der Waals surface area contributed by atoms with Crippen LogP contribution in [0.5, 0.6) is 0 Å². The van der Waals surface area contributed by atoms with Gasteiger partial charge in [-0.15, -0.1) is 0 Å². The Morgan fingerprint density at radius 1 is 1.00 bits per heavy atom. The fourth-order valence-electron chi connectivity index (χ4n) is 3.59. The Bertz CT molecular complexity index is 1300. The largest absolute Gasteiger partial charge is 0.355 e. The molecule has 3 rings (SSSR count). The molecule has 0 aliphatic rings. The summed E-state index contributed by atoms with van der Waals surface area (Å²) in [5.41, 5.74) is 1.04. The minimum atomic E-state index is -4.08. The number of hydrogen-bond acceptors (Lipinski definition) is 4. The van der Waals surface area contributed by atoms with Gasteiger partial charge < -0.3 is 10.2 Å². The van der Waals surface area contributed by atoms with E-state index in [1.807, 2.05) is 0 Å². The standard InChI is InChI=1S/C26H27BrClN3O4S/c1-3-29-26(33)19(2)30(17-20-8-7-9-22(28)16-20)25(32)18-31(23-14-12-21(27)13-15-23)36(34,35)24-10-5-4-6-11-24/h4-16,19H,3,17-18H2,1-2H3,(H,29,33). The van der Waals surface area contributed by atoms with Crippen LogP contribution in [0, 0.1) is 0 Å². The Kier molecular flexibility index (Phi) is 9.53. The molecule has 3 aromatic rings. The number of rotatable bonds is 10. The number of nitrogens with zero attached hydrogens (tertiary/aromatic N) is 2. The van der Waals surface area contributed by atoms with Crippen molar-refractivity contribution in [3.8, 4) is 0 Å². The molecule has 0 spiro atoms. The third-order valence-electron chi connectivity index (χ3n) is 5.48. The fraction of sp³-hybridized carbons (Fsp3) is 0.231. The second kappa shape index (κ2) is 12.4. The first-order valence-electron chi connectivity index (χ1n) is 11.3. The number of hydrogen-bond donors (Lipinski definition) is 1. The van der Waals surface area contributed by atoms with Gasteiger partial charge in [-0.25, -0.2) is 8.42 Å². The molecule has 0 saturated heterocycles. The third kappa shape index (κ3) is 6.87. The summed E-state index contributed by atoms with van der Waals surface area (Å²) in [6, 6.07) is 20.7. The molecule has 0 fully saturated rings. The number of halogens is 2. The predicted molar refractivity (Wildman–Crippen MR) is 145 cm³/mol. The highest BCUT2D eigenvalue weighted by Crippen LogP contribution is 2.26. The van der Waals surface area contributed by atoms with Gasteiger partial charge in [0, 0.05) is 22.6 Å². The summed E-state index contributed by atoms with van der Waals surface area (Å²) in [4.78, 5) is 27.8. The van der Waals surface area contributed by atoms with Gasteiger partial charge in [0.15, 0.2) is 0 Å². The van der Waals surface area contributed by atoms with Crippen LogP contribution in [0.15, 0.2) is 88.2 Å². The number of sulfonamides is 1. The van der Waals surface area contributed by atoms with E-state index in [0.717, 1.165) is 8.78 Å². The third-order valence-corrected chi connectivity index (χ3v) is 8.04. The van der Waals surface area contributed by atoms with Crippen LogP contribution in [-0.4, -0.2) is 44.3 Å². The van der Waals surface area contributed by atoms with Crippen LogP contribution in [0.3, 0.4) is 0 Å². The first-order valence-corrected chi connectivity index (χ1v) is 13.9. The van der Waals surface area contributed by atoms with Gasteiger partial charge in [-0.3, -0.25) is 13.9 Å². The van der Waals surface area contributed by atoms with E-state index in [9.17, 15) is 18.0 Å². The number of nitrogens with one attached hydrogen (secondary N) is 1. The van der Waals surface area contributed by atoms with Crippen LogP contribution in [0.2, 0.25) is 5.02 Å². The van der Waals surface area contributed by atoms with E-state index in [0.29, 0.717) is 22.8 Å². The summed E-state index contributed by atoms with van der Waals surface area (Å²) in [6.45, 7) is 3.38. The van der Waals surface area contributed by atoms with Crippen molar-refractivity contribution < 1.29 is 18.0 Å². The van der Waals surface area contributed by atoms with Gasteiger partial charge in [0.2, 0.25) is 11.8 Å². The van der Waals surface area contributed by atoms with E-state index < -0.39 is 28.5 Å². The molecular weight excluding hydrogens is 566 g/mol. The maximum Gasteiger partial charge on any atom is 0.264 e. The number of carbonyl (C=O) groups excluding carboxylic acids is 2. The van der Waals surface area contributed by atoms with E-state index in [-0.39, 0.29) is 17.3 Å². The zero-order valence-corrected chi connectivity index (χ0v) is 23.1. The van der Waals surface area contributed by atoms with Crippen molar-refractivity contribution in [3.63, 3.8) is 0 Å². The van der Waals surface area contributed by atoms with Crippen molar-refractivity contribution in [2.45, 2.75) is 31.3 Å². The summed E-state index contributed by atoms with van der Waals surface area (Å²) in [5.74, 6) is -0.870. The number of benzene rings is 3. The van der Waals surface area contributed by atoms with Crippen molar-refractivity contribution >= 4 is 55.1 Å². The van der Waals surface area contributed by atoms with Crippen LogP contribution in [0.4, 0.5) is 5.69 Å². The lowest BCUT2D eigenvalue weighted by atomic mass is 10.1. The molecule has 3 aromatic carbocycles. The van der Waals surface area contributed by atoms with Crippen molar-refractivity contribution in [2.24, 2.45) is 0 Å². The molecule has 0 aliphatic carbocycles. The normalized spacial score (nSPS) is 12.0. The highest BCUT2D eigenvalue weighted by molar-refractivity contribution is 9.10. The molecule has 0 saturated carbocycles. The van der Waals surface area contributed by atoms with Crippen LogP contribution in [-0.2, 0) is 26.2 Å². The van der Waals surface area contributed by atoms with Gasteiger partial charge in [0.05, 0.1) is 10.6 Å². The van der Waals surface area contributed by atoms with Gasteiger partial charge in [0.1, 0.15) is 12.6 Å². The molecule has 1 atom stereocenters. The Labute approximate surface area is 225 Å². The second-order valence-corrected chi connectivity index (χ2v) is 11.2. The van der Waals surface area contributed by atoms with Gasteiger partial charge >= 0.3 is 0 Å². The van der Waals surface area contributed by atoms with Crippen molar-refractivity contribution in [2.75, 3.05) is 17.4 Å². The summed E-state index contributed by atoms with van der Waals surface area (Å²) in [7, 11) is -4.08. The van der Waals surface area contributed by atoms with E-state index in [4.69, 9.17) is 11.6 Å². The molecule has 1 unspecified atom stereocenters. The van der Waals surface area contributed by atoms with E-state index in [2.05, 4.69) is 21.2 Å². The monoisotopic (exact) mass is 591 g/mol. The molecule has 0 bridgehead atoms. The van der Waals surface area contributed by atoms with E-state index >= 15 is 0 Å². The van der Waals surface area contributed by atoms with Crippen molar-refractivity contribution in [1.29, 1.82) is 0 Å². The van der Waals surface area contributed by atoms with Gasteiger partial charge in [-0.05, 0) is 67.9 Å². The van der Waals surface area contributed by atoms with Crippen LogP contribution < -0.4 is 9.62 Å². The Morgan fingerprint density at radius 3 is 2.28 bits per heavy atom. The molecule has 1 N–H and O–H groups in total. The Balaban J connectivity index is 2.01. The van der Waals surface area contributed by atoms with Gasteiger partial charge in [-0.2, -0.15) is 0 Å². The predicted octanol–water partition coefficient (Wildman–Crippen LogP) is 4.85. The SMILES string of the molecule is CCNC(=O)C(C)N(Cc1cccc(Cl)c1)C(=O)CN(c1ccc(Br)cc1)S(=O)(=O)c1ccccc1. The number of anilines is 1. The highest BCUT2D eigenvalue weighted by Gasteiger charge is 2.32. The Hall–Kier alpha value is -2.88. The molecule has 0 heterocycles. The van der Waals surface area contributed by atoms with E-state index in [1.54, 1.807) is 80.6 Å². The molecular formula is C26H27BrClN3O4S. The van der Waals surface area contributed by atoms with Crippen LogP contribution in [0.25, 0.3) is 0 Å². The fourth-order valence-corrected chi connectivity index (χ4v) is 5.50. The lowest BCUT2D eigenvalue weighted by Gasteiger charge is -2.32.